The van der Waals surface area contributed by atoms with E-state index in [0.29, 0.717) is 5.92 Å². The highest BCUT2D eigenvalue weighted by Gasteiger charge is 2.35. The van der Waals surface area contributed by atoms with Crippen LogP contribution in [0.1, 0.15) is 56.9 Å². The zero-order valence-corrected chi connectivity index (χ0v) is 11.9. The minimum atomic E-state index is 0.0484. The van der Waals surface area contributed by atoms with E-state index in [9.17, 15) is 0 Å². The molecule has 1 aromatic carbocycles. The zero-order valence-electron chi connectivity index (χ0n) is 11.9. The Bertz CT molecular complexity index is 445. The molecule has 0 saturated heterocycles. The third-order valence-corrected chi connectivity index (χ3v) is 4.86. The van der Waals surface area contributed by atoms with Crippen molar-refractivity contribution < 1.29 is 4.74 Å². The standard InChI is InChI=1S/C17H25NO/c1-13-5-4-9-17(18,11-13)12-14-8-10-19-16-7-3-2-6-15(14)16/h2-3,6-7,13-14H,4-5,8-12,18H2,1H3. The number of benzene rings is 1. The minimum absolute atomic E-state index is 0.0484. The lowest BCUT2D eigenvalue weighted by Crippen LogP contribution is -2.45. The highest BCUT2D eigenvalue weighted by molar-refractivity contribution is 5.38. The fourth-order valence-corrected chi connectivity index (χ4v) is 4.00. The maximum atomic E-state index is 6.70. The molecule has 3 rings (SSSR count). The Morgan fingerprint density at radius 3 is 3.00 bits per heavy atom. The fraction of sp³-hybridized carbons (Fsp3) is 0.647. The van der Waals surface area contributed by atoms with Crippen LogP contribution < -0.4 is 10.5 Å². The van der Waals surface area contributed by atoms with Crippen LogP contribution in [0, 0.1) is 5.92 Å². The number of hydrogen-bond donors (Lipinski definition) is 1. The van der Waals surface area contributed by atoms with Gasteiger partial charge in [0, 0.05) is 5.54 Å². The number of hydrogen-bond acceptors (Lipinski definition) is 2. The molecule has 2 aliphatic rings. The lowest BCUT2D eigenvalue weighted by atomic mass is 9.71. The van der Waals surface area contributed by atoms with E-state index in [0.717, 1.165) is 31.1 Å². The maximum absolute atomic E-state index is 6.70. The third-order valence-electron chi connectivity index (χ3n) is 4.86. The monoisotopic (exact) mass is 259 g/mol. The van der Waals surface area contributed by atoms with Crippen LogP contribution >= 0.6 is 0 Å². The van der Waals surface area contributed by atoms with Gasteiger partial charge in [-0.15, -0.1) is 0 Å². The number of rotatable bonds is 2. The summed E-state index contributed by atoms with van der Waals surface area (Å²) in [7, 11) is 0. The molecule has 1 fully saturated rings. The van der Waals surface area contributed by atoms with E-state index in [-0.39, 0.29) is 5.54 Å². The molecule has 1 aliphatic heterocycles. The Labute approximate surface area is 116 Å². The van der Waals surface area contributed by atoms with Gasteiger partial charge in [0.2, 0.25) is 0 Å². The van der Waals surface area contributed by atoms with Gasteiger partial charge in [0.05, 0.1) is 6.61 Å². The first-order valence-corrected chi connectivity index (χ1v) is 7.67. The zero-order chi connectivity index (χ0) is 13.3. The average Bonchev–Trinajstić information content (AvgIpc) is 2.38. The summed E-state index contributed by atoms with van der Waals surface area (Å²) in [6.07, 6.45) is 7.26. The van der Waals surface area contributed by atoms with E-state index >= 15 is 0 Å². The molecule has 1 aliphatic carbocycles. The molecular weight excluding hydrogens is 234 g/mol. The molecule has 2 N–H and O–H groups in total. The van der Waals surface area contributed by atoms with Gasteiger partial charge in [-0.1, -0.05) is 38.0 Å². The predicted molar refractivity (Wildman–Crippen MR) is 78.5 cm³/mol. The Balaban J connectivity index is 1.77. The molecular formula is C17H25NO. The van der Waals surface area contributed by atoms with Gasteiger partial charge in [-0.3, -0.25) is 0 Å². The summed E-state index contributed by atoms with van der Waals surface area (Å²) in [6.45, 7) is 3.19. The molecule has 0 amide bonds. The van der Waals surface area contributed by atoms with Gasteiger partial charge in [-0.05, 0) is 49.1 Å². The summed E-state index contributed by atoms with van der Waals surface area (Å²) in [5, 5.41) is 0. The van der Waals surface area contributed by atoms with E-state index in [1.54, 1.807) is 0 Å². The Hall–Kier alpha value is -1.02. The fourth-order valence-electron chi connectivity index (χ4n) is 4.00. The predicted octanol–water partition coefficient (Wildman–Crippen LogP) is 3.85. The van der Waals surface area contributed by atoms with E-state index in [1.807, 2.05) is 0 Å². The molecule has 1 saturated carbocycles. The van der Waals surface area contributed by atoms with E-state index in [4.69, 9.17) is 10.5 Å². The largest absolute Gasteiger partial charge is 0.493 e. The van der Waals surface area contributed by atoms with Crippen LogP contribution in [0.2, 0.25) is 0 Å². The van der Waals surface area contributed by atoms with Crippen molar-refractivity contribution in [1.29, 1.82) is 0 Å². The van der Waals surface area contributed by atoms with Gasteiger partial charge in [-0.25, -0.2) is 0 Å². The van der Waals surface area contributed by atoms with Crippen LogP contribution in [-0.2, 0) is 0 Å². The van der Waals surface area contributed by atoms with Crippen molar-refractivity contribution >= 4 is 0 Å². The molecule has 1 aromatic rings. The molecule has 3 unspecified atom stereocenters. The Morgan fingerprint density at radius 1 is 1.32 bits per heavy atom. The van der Waals surface area contributed by atoms with Gasteiger partial charge in [-0.2, -0.15) is 0 Å². The van der Waals surface area contributed by atoms with Crippen molar-refractivity contribution in [1.82, 2.24) is 0 Å². The first-order valence-electron chi connectivity index (χ1n) is 7.67. The highest BCUT2D eigenvalue weighted by Crippen LogP contribution is 2.42. The van der Waals surface area contributed by atoms with Gasteiger partial charge < -0.3 is 10.5 Å². The molecule has 104 valence electrons. The quantitative estimate of drug-likeness (QED) is 0.875. The van der Waals surface area contributed by atoms with Crippen molar-refractivity contribution in [3.8, 4) is 5.75 Å². The highest BCUT2D eigenvalue weighted by atomic mass is 16.5. The summed E-state index contributed by atoms with van der Waals surface area (Å²) in [6, 6.07) is 8.48. The molecule has 19 heavy (non-hydrogen) atoms. The van der Waals surface area contributed by atoms with Crippen molar-refractivity contribution in [2.75, 3.05) is 6.61 Å². The van der Waals surface area contributed by atoms with Crippen LogP contribution in [0.3, 0.4) is 0 Å². The molecule has 1 heterocycles. The molecule has 0 spiro atoms. The smallest absolute Gasteiger partial charge is 0.122 e. The average molecular weight is 259 g/mol. The van der Waals surface area contributed by atoms with Gasteiger partial charge >= 0.3 is 0 Å². The van der Waals surface area contributed by atoms with Gasteiger partial charge in [0.1, 0.15) is 5.75 Å². The van der Waals surface area contributed by atoms with Crippen molar-refractivity contribution in [2.24, 2.45) is 11.7 Å². The normalized spacial score (nSPS) is 34.4. The van der Waals surface area contributed by atoms with Crippen molar-refractivity contribution in [3.05, 3.63) is 29.8 Å². The van der Waals surface area contributed by atoms with E-state index in [2.05, 4.69) is 31.2 Å². The molecule has 0 bridgehead atoms. The second-order valence-electron chi connectivity index (χ2n) is 6.64. The topological polar surface area (TPSA) is 35.2 Å². The van der Waals surface area contributed by atoms with Crippen LogP contribution in [0.25, 0.3) is 0 Å². The van der Waals surface area contributed by atoms with Crippen LogP contribution in [0.5, 0.6) is 5.75 Å². The second-order valence-corrected chi connectivity index (χ2v) is 6.64. The molecule has 0 radical (unpaired) electrons. The molecule has 2 heteroatoms. The van der Waals surface area contributed by atoms with Gasteiger partial charge in [0.25, 0.3) is 0 Å². The number of para-hydroxylation sites is 1. The van der Waals surface area contributed by atoms with Gasteiger partial charge in [0.15, 0.2) is 0 Å². The van der Waals surface area contributed by atoms with Crippen molar-refractivity contribution in [3.63, 3.8) is 0 Å². The van der Waals surface area contributed by atoms with E-state index < -0.39 is 0 Å². The maximum Gasteiger partial charge on any atom is 0.122 e. The summed E-state index contributed by atoms with van der Waals surface area (Å²) >= 11 is 0. The Morgan fingerprint density at radius 2 is 2.16 bits per heavy atom. The number of nitrogens with two attached hydrogens (primary N) is 1. The van der Waals surface area contributed by atoms with Crippen LogP contribution in [0.4, 0.5) is 0 Å². The SMILES string of the molecule is CC1CCCC(N)(CC2CCOc3ccccc32)C1. The van der Waals surface area contributed by atoms with Crippen LogP contribution in [-0.4, -0.2) is 12.1 Å². The molecule has 0 aromatic heterocycles. The van der Waals surface area contributed by atoms with Crippen LogP contribution in [0.15, 0.2) is 24.3 Å². The summed E-state index contributed by atoms with van der Waals surface area (Å²) in [5.41, 5.74) is 8.12. The lowest BCUT2D eigenvalue weighted by molar-refractivity contribution is 0.188. The number of fused-ring (bicyclic) bond motifs is 1. The third kappa shape index (κ3) is 2.79. The first-order chi connectivity index (χ1) is 9.16. The second kappa shape index (κ2) is 5.16. The molecule has 3 atom stereocenters. The molecule has 2 nitrogen and oxygen atoms in total. The summed E-state index contributed by atoms with van der Waals surface area (Å²) < 4.78 is 5.76. The summed E-state index contributed by atoms with van der Waals surface area (Å²) in [5.74, 6) is 2.44. The van der Waals surface area contributed by atoms with Crippen molar-refractivity contribution in [2.45, 2.75) is 56.9 Å². The lowest BCUT2D eigenvalue weighted by Gasteiger charge is -2.40. The number of ether oxygens (including phenoxy) is 1. The van der Waals surface area contributed by atoms with E-state index in [1.165, 1.54) is 31.2 Å². The summed E-state index contributed by atoms with van der Waals surface area (Å²) in [4.78, 5) is 0. The Kier molecular flexibility index (Phi) is 3.53. The first kappa shape index (κ1) is 13.0. The minimum Gasteiger partial charge on any atom is -0.493 e.